The van der Waals surface area contributed by atoms with Gasteiger partial charge in [0.05, 0.1) is 11.3 Å². The van der Waals surface area contributed by atoms with Crippen molar-refractivity contribution in [3.05, 3.63) is 47.6 Å². The zero-order valence-corrected chi connectivity index (χ0v) is 18.2. The number of fused-ring (bicyclic) bond motifs is 1. The molecule has 9 nitrogen and oxygen atoms in total. The van der Waals surface area contributed by atoms with Crippen LogP contribution in [0.25, 0.3) is 16.6 Å². The van der Waals surface area contributed by atoms with Gasteiger partial charge in [-0.25, -0.2) is 19.5 Å². The summed E-state index contributed by atoms with van der Waals surface area (Å²) in [7, 11) is 0. The summed E-state index contributed by atoms with van der Waals surface area (Å²) in [5, 5.41) is 14.4. The Morgan fingerprint density at radius 2 is 1.94 bits per heavy atom. The molecular weight excluding hydrogens is 435 g/mol. The molecule has 1 atom stereocenters. The molecule has 0 fully saturated rings. The molecule has 0 saturated heterocycles. The maximum Gasteiger partial charge on any atom is 0.451 e. The average Bonchev–Trinajstić information content (AvgIpc) is 3.11. The van der Waals surface area contributed by atoms with Gasteiger partial charge in [-0.3, -0.25) is 4.99 Å². The summed E-state index contributed by atoms with van der Waals surface area (Å²) < 4.78 is 40.3. The Hall–Kier alpha value is -4.01. The van der Waals surface area contributed by atoms with E-state index in [-0.39, 0.29) is 34.1 Å². The Balaban J connectivity index is 2.33. The summed E-state index contributed by atoms with van der Waals surface area (Å²) in [5.41, 5.74) is 14.0. The zero-order valence-electron chi connectivity index (χ0n) is 18.2. The zero-order chi connectivity index (χ0) is 24.3. The number of allylic oxidation sites excluding steroid dienone is 1. The molecule has 3 rings (SSSR count). The maximum absolute atomic E-state index is 12.9. The highest BCUT2D eigenvalue weighted by Gasteiger charge is 2.35. The number of nitriles is 1. The van der Waals surface area contributed by atoms with E-state index in [0.29, 0.717) is 17.7 Å². The van der Waals surface area contributed by atoms with Crippen molar-refractivity contribution in [2.45, 2.75) is 45.3 Å². The van der Waals surface area contributed by atoms with Crippen LogP contribution < -0.4 is 11.5 Å². The lowest BCUT2D eigenvalue weighted by atomic mass is 9.90. The average molecular weight is 457 g/mol. The van der Waals surface area contributed by atoms with Crippen LogP contribution in [0.15, 0.2) is 35.5 Å². The van der Waals surface area contributed by atoms with Crippen molar-refractivity contribution >= 4 is 17.5 Å². The lowest BCUT2D eigenvalue weighted by Crippen LogP contribution is -2.12. The van der Waals surface area contributed by atoms with Gasteiger partial charge in [-0.2, -0.15) is 23.5 Å². The molecule has 0 aromatic carbocycles. The number of nitrogens with two attached hydrogens (primary N) is 2. The molecule has 0 radical (unpaired) electrons. The Kier molecular flexibility index (Phi) is 6.62. The molecule has 0 spiro atoms. The molecule has 3 heterocycles. The number of nitrogens with zero attached hydrogens (tertiary/aromatic N) is 7. The monoisotopic (exact) mass is 457 g/mol. The third-order valence-electron chi connectivity index (χ3n) is 4.95. The van der Waals surface area contributed by atoms with Crippen molar-refractivity contribution in [2.24, 2.45) is 10.7 Å². The van der Waals surface area contributed by atoms with Crippen LogP contribution in [0.4, 0.5) is 19.0 Å². The fourth-order valence-electron chi connectivity index (χ4n) is 3.53. The minimum atomic E-state index is -4.70. The van der Waals surface area contributed by atoms with Gasteiger partial charge in [0.25, 0.3) is 0 Å². The lowest BCUT2D eigenvalue weighted by molar-refractivity contribution is -0.144. The quantitative estimate of drug-likeness (QED) is 0.539. The number of halogens is 3. The van der Waals surface area contributed by atoms with Crippen molar-refractivity contribution in [1.29, 1.82) is 5.26 Å². The van der Waals surface area contributed by atoms with Crippen LogP contribution in [0.1, 0.15) is 50.2 Å². The summed E-state index contributed by atoms with van der Waals surface area (Å²) in [6.45, 7) is 5.73. The molecule has 3 aromatic rings. The lowest BCUT2D eigenvalue weighted by Gasteiger charge is -2.16. The fourth-order valence-corrected chi connectivity index (χ4v) is 3.53. The number of anilines is 1. The van der Waals surface area contributed by atoms with Crippen molar-refractivity contribution in [3.8, 4) is 17.2 Å². The summed E-state index contributed by atoms with van der Waals surface area (Å²) in [5.74, 6) is -1.65. The Morgan fingerprint density at radius 3 is 2.45 bits per heavy atom. The molecule has 1 unspecified atom stereocenters. The van der Waals surface area contributed by atoms with E-state index in [2.05, 4.69) is 31.1 Å². The molecule has 0 saturated carbocycles. The molecular formula is C21H22F3N9. The third kappa shape index (κ3) is 4.48. The second-order valence-corrected chi connectivity index (χ2v) is 7.45. The number of alkyl halides is 3. The van der Waals surface area contributed by atoms with Crippen LogP contribution in [0.2, 0.25) is 0 Å². The SMILES string of the molecule is CCC(C(C=NC(C)C)=CN)c1c(C#N)c(-c2cnc(C(F)(F)F)nc2)c2c(N)ncnn12. The minimum absolute atomic E-state index is 0.0229. The molecule has 172 valence electrons. The van der Waals surface area contributed by atoms with E-state index in [1.807, 2.05) is 20.8 Å². The molecule has 0 bridgehead atoms. The van der Waals surface area contributed by atoms with Crippen LogP contribution >= 0.6 is 0 Å². The number of hydrogen-bond donors (Lipinski definition) is 2. The minimum Gasteiger partial charge on any atom is -0.404 e. The van der Waals surface area contributed by atoms with Crippen molar-refractivity contribution in [2.75, 3.05) is 5.73 Å². The number of hydrogen-bond acceptors (Lipinski definition) is 8. The van der Waals surface area contributed by atoms with E-state index in [0.717, 1.165) is 12.4 Å². The molecule has 0 aliphatic carbocycles. The van der Waals surface area contributed by atoms with E-state index < -0.39 is 17.9 Å². The molecule has 0 aliphatic heterocycles. The van der Waals surface area contributed by atoms with Gasteiger partial charge in [0.2, 0.25) is 5.82 Å². The molecule has 12 heteroatoms. The highest BCUT2D eigenvalue weighted by Crippen LogP contribution is 2.40. The Morgan fingerprint density at radius 1 is 1.27 bits per heavy atom. The van der Waals surface area contributed by atoms with E-state index in [1.54, 1.807) is 6.21 Å². The molecule has 0 amide bonds. The van der Waals surface area contributed by atoms with E-state index in [1.165, 1.54) is 17.0 Å². The second-order valence-electron chi connectivity index (χ2n) is 7.45. The Bertz CT molecular complexity index is 1250. The predicted octanol–water partition coefficient (Wildman–Crippen LogP) is 3.47. The van der Waals surface area contributed by atoms with Gasteiger partial charge in [0.1, 0.15) is 17.9 Å². The molecule has 3 aromatic heterocycles. The first kappa shape index (κ1) is 23.6. The second kappa shape index (κ2) is 9.23. The third-order valence-corrected chi connectivity index (χ3v) is 4.95. The highest BCUT2D eigenvalue weighted by atomic mass is 19.4. The van der Waals surface area contributed by atoms with Gasteiger partial charge < -0.3 is 11.5 Å². The van der Waals surface area contributed by atoms with E-state index in [4.69, 9.17) is 11.5 Å². The summed E-state index contributed by atoms with van der Waals surface area (Å²) in [4.78, 5) is 15.2. The maximum atomic E-state index is 12.9. The largest absolute Gasteiger partial charge is 0.451 e. The van der Waals surface area contributed by atoms with Crippen LogP contribution in [0.3, 0.4) is 0 Å². The fraction of sp³-hybridized carbons (Fsp3) is 0.333. The molecule has 33 heavy (non-hydrogen) atoms. The van der Waals surface area contributed by atoms with Gasteiger partial charge >= 0.3 is 6.18 Å². The highest BCUT2D eigenvalue weighted by molar-refractivity contribution is 5.93. The van der Waals surface area contributed by atoms with Crippen molar-refractivity contribution < 1.29 is 13.2 Å². The first-order valence-corrected chi connectivity index (χ1v) is 10.0. The summed E-state index contributed by atoms with van der Waals surface area (Å²) >= 11 is 0. The van der Waals surface area contributed by atoms with Gasteiger partial charge in [0.15, 0.2) is 5.82 Å². The first-order chi connectivity index (χ1) is 15.6. The van der Waals surface area contributed by atoms with Gasteiger partial charge in [-0.15, -0.1) is 0 Å². The normalized spacial score (nSPS) is 13.7. The van der Waals surface area contributed by atoms with Crippen molar-refractivity contribution in [3.63, 3.8) is 0 Å². The van der Waals surface area contributed by atoms with Crippen molar-refractivity contribution in [1.82, 2.24) is 24.6 Å². The van der Waals surface area contributed by atoms with Gasteiger partial charge in [0, 0.05) is 41.7 Å². The first-order valence-electron chi connectivity index (χ1n) is 10.0. The van der Waals surface area contributed by atoms with Gasteiger partial charge in [-0.05, 0) is 32.0 Å². The summed E-state index contributed by atoms with van der Waals surface area (Å²) in [6, 6.07) is 2.17. The Labute approximate surface area is 187 Å². The topological polar surface area (TPSA) is 144 Å². The number of aromatic nitrogens is 5. The van der Waals surface area contributed by atoms with E-state index in [9.17, 15) is 18.4 Å². The number of nitrogen functional groups attached to an aromatic ring is 1. The van der Waals surface area contributed by atoms with Crippen LogP contribution in [-0.4, -0.2) is 36.8 Å². The molecule has 4 N–H and O–H groups in total. The van der Waals surface area contributed by atoms with Crippen LogP contribution in [0.5, 0.6) is 0 Å². The predicted molar refractivity (Wildman–Crippen MR) is 117 cm³/mol. The van der Waals surface area contributed by atoms with Crippen LogP contribution in [0, 0.1) is 11.3 Å². The number of rotatable bonds is 6. The van der Waals surface area contributed by atoms with Gasteiger partial charge in [-0.1, -0.05) is 6.92 Å². The van der Waals surface area contributed by atoms with E-state index >= 15 is 0 Å². The standard InChI is InChI=1S/C21H22F3N9/c1-4-14(12(5-25)7-28-11(2)3)17-15(6-26)16(18-19(27)31-10-32-33(17)18)13-8-29-20(30-9-13)21(22,23)24/h5,7-11,14H,4,25H2,1-3H3,(H2,27,31,32). The molecule has 0 aliphatic rings. The van der Waals surface area contributed by atoms with Crippen LogP contribution in [-0.2, 0) is 6.18 Å². The summed E-state index contributed by atoms with van der Waals surface area (Å²) in [6.07, 6.45) is 2.13. The number of aliphatic imine (C=N–C) groups is 1. The smallest absolute Gasteiger partial charge is 0.404 e.